The quantitative estimate of drug-likeness (QED) is 0.152. The molecule has 1 unspecified atom stereocenters. The van der Waals surface area contributed by atoms with Crippen molar-refractivity contribution in [1.29, 1.82) is 0 Å². The molecule has 0 N–H and O–H groups in total. The van der Waals surface area contributed by atoms with Crippen molar-refractivity contribution in [2.75, 3.05) is 19.7 Å². The van der Waals surface area contributed by atoms with Gasteiger partial charge in [0.15, 0.2) is 0 Å². The van der Waals surface area contributed by atoms with Crippen LogP contribution in [0.15, 0.2) is 22.7 Å². The monoisotopic (exact) mass is 527 g/mol. The molecule has 3 atom stereocenters. The summed E-state index contributed by atoms with van der Waals surface area (Å²) in [4.78, 5) is 18.1. The van der Waals surface area contributed by atoms with Gasteiger partial charge in [-0.05, 0) is 91.2 Å². The van der Waals surface area contributed by atoms with E-state index >= 15 is 0 Å². The lowest BCUT2D eigenvalue weighted by molar-refractivity contribution is 0.0206. The predicted molar refractivity (Wildman–Crippen MR) is 143 cm³/mol. The second-order valence-electron chi connectivity index (χ2n) is 11.1. The van der Waals surface area contributed by atoms with E-state index in [0.29, 0.717) is 24.8 Å². The molecule has 198 valence electrons. The maximum Gasteiger partial charge on any atom is 0.410 e. The van der Waals surface area contributed by atoms with Crippen LogP contribution >= 0.6 is 11.6 Å². The molecule has 1 fully saturated rings. The number of pyridine rings is 1. The van der Waals surface area contributed by atoms with Crippen molar-refractivity contribution in [3.8, 4) is 0 Å². The molecule has 1 aromatic rings. The number of carbonyl (C=O) groups excluding carboxylic acids is 1. The summed E-state index contributed by atoms with van der Waals surface area (Å²) < 4.78 is 27.9. The van der Waals surface area contributed by atoms with Crippen molar-refractivity contribution in [3.05, 3.63) is 29.0 Å². The molecule has 0 bridgehead atoms. The van der Waals surface area contributed by atoms with Gasteiger partial charge in [0.2, 0.25) is 0 Å². The third kappa shape index (κ3) is 11.5. The van der Waals surface area contributed by atoms with Crippen LogP contribution in [0.1, 0.15) is 79.2 Å². The Balaban J connectivity index is 1.77. The summed E-state index contributed by atoms with van der Waals surface area (Å²) in [5.41, 5.74) is 0.529. The summed E-state index contributed by atoms with van der Waals surface area (Å²) in [6.07, 6.45) is 8.66. The van der Waals surface area contributed by atoms with E-state index in [9.17, 15) is 9.35 Å². The standard InChI is InChI=1S/C26H42ClN3O4S/c1-25(2,3)34-24(31)30-16-14-22(19-30)33-17-8-7-10-20(18-29-35(32)26(4,5)6)12-13-21-11-9-15-28-23(21)27/h9,11,15,18,20,22H,7-8,10,12-14,16-17,19H2,1-6H3/t20?,22-,35-/m1/s1. The SMILES string of the molecule is CC(C)(C)OC(=O)N1CC[C@@H](OCCCCC(C=N[S@+]([O-])C(C)(C)C)CCc2cccnc2Cl)C1. The molecular formula is C26H42ClN3O4S. The molecule has 1 amide bonds. The van der Waals surface area contributed by atoms with Gasteiger partial charge in [-0.1, -0.05) is 28.5 Å². The number of nitrogens with zero attached hydrogens (tertiary/aromatic N) is 3. The van der Waals surface area contributed by atoms with Crippen molar-refractivity contribution in [2.24, 2.45) is 10.3 Å². The largest absolute Gasteiger partial charge is 0.591 e. The van der Waals surface area contributed by atoms with Gasteiger partial charge < -0.3 is 18.9 Å². The molecule has 1 aliphatic rings. The second kappa shape index (κ2) is 13.8. The Hall–Kier alpha value is -1.35. The third-order valence-corrected chi connectivity index (χ3v) is 7.33. The molecule has 1 saturated heterocycles. The first-order valence-electron chi connectivity index (χ1n) is 12.5. The zero-order valence-corrected chi connectivity index (χ0v) is 23.7. The average Bonchev–Trinajstić information content (AvgIpc) is 3.23. The smallest absolute Gasteiger partial charge is 0.410 e. The summed E-state index contributed by atoms with van der Waals surface area (Å²) in [6.45, 7) is 13.3. The van der Waals surface area contributed by atoms with Gasteiger partial charge in [-0.2, -0.15) is 0 Å². The van der Waals surface area contributed by atoms with E-state index in [0.717, 1.165) is 44.1 Å². The number of aromatic nitrogens is 1. The van der Waals surface area contributed by atoms with E-state index in [4.69, 9.17) is 21.1 Å². The van der Waals surface area contributed by atoms with Crippen LogP contribution in [-0.2, 0) is 27.3 Å². The van der Waals surface area contributed by atoms with Crippen LogP contribution < -0.4 is 0 Å². The van der Waals surface area contributed by atoms with Crippen LogP contribution in [-0.4, -0.2) is 62.9 Å². The number of unbranched alkanes of at least 4 members (excludes halogenated alkanes) is 1. The van der Waals surface area contributed by atoms with E-state index in [2.05, 4.69) is 9.38 Å². The minimum Gasteiger partial charge on any atom is -0.591 e. The average molecular weight is 528 g/mol. The zero-order chi connectivity index (χ0) is 26.1. The van der Waals surface area contributed by atoms with Crippen molar-refractivity contribution < 1.29 is 18.8 Å². The van der Waals surface area contributed by atoms with E-state index in [-0.39, 0.29) is 22.9 Å². The molecule has 7 nitrogen and oxygen atoms in total. The molecule has 0 aliphatic carbocycles. The zero-order valence-electron chi connectivity index (χ0n) is 22.1. The second-order valence-corrected chi connectivity index (χ2v) is 13.4. The first-order chi connectivity index (χ1) is 16.3. The lowest BCUT2D eigenvalue weighted by atomic mass is 9.96. The topological polar surface area (TPSA) is 87.1 Å². The minimum absolute atomic E-state index is 0.0572. The molecule has 2 heterocycles. The van der Waals surface area contributed by atoms with Gasteiger partial charge in [-0.15, -0.1) is 0 Å². The first-order valence-corrected chi connectivity index (χ1v) is 14.0. The highest BCUT2D eigenvalue weighted by molar-refractivity contribution is 7.91. The molecule has 0 saturated carbocycles. The Morgan fingerprint density at radius 1 is 1.31 bits per heavy atom. The minimum atomic E-state index is -1.27. The van der Waals surface area contributed by atoms with Crippen molar-refractivity contribution in [3.63, 3.8) is 0 Å². The molecule has 0 spiro atoms. The van der Waals surface area contributed by atoms with Crippen molar-refractivity contribution in [2.45, 2.75) is 96.5 Å². The molecule has 35 heavy (non-hydrogen) atoms. The van der Waals surface area contributed by atoms with Gasteiger partial charge in [0.25, 0.3) is 0 Å². The first kappa shape index (κ1) is 29.9. The number of rotatable bonds is 11. The summed E-state index contributed by atoms with van der Waals surface area (Å²) in [7, 11) is 0. The van der Waals surface area contributed by atoms with Crippen LogP contribution in [0.5, 0.6) is 0 Å². The van der Waals surface area contributed by atoms with Gasteiger partial charge in [-0.3, -0.25) is 0 Å². The Morgan fingerprint density at radius 3 is 2.71 bits per heavy atom. The number of amides is 1. The fraction of sp³-hybridized carbons (Fsp3) is 0.731. The fourth-order valence-electron chi connectivity index (χ4n) is 3.65. The molecular weight excluding hydrogens is 486 g/mol. The number of hydrogen-bond acceptors (Lipinski definition) is 6. The Morgan fingerprint density at radius 2 is 2.06 bits per heavy atom. The number of hydrogen-bond donors (Lipinski definition) is 0. The van der Waals surface area contributed by atoms with Crippen LogP contribution in [0, 0.1) is 5.92 Å². The van der Waals surface area contributed by atoms with Gasteiger partial charge >= 0.3 is 6.09 Å². The number of halogens is 1. The number of ether oxygens (including phenoxy) is 2. The highest BCUT2D eigenvalue weighted by atomic mass is 35.5. The summed E-state index contributed by atoms with van der Waals surface area (Å²) in [5.74, 6) is 0.201. The lowest BCUT2D eigenvalue weighted by Crippen LogP contribution is -2.36. The fourth-order valence-corrected chi connectivity index (χ4v) is 4.47. The molecule has 1 aliphatic heterocycles. The van der Waals surface area contributed by atoms with Gasteiger partial charge in [0.1, 0.15) is 26.9 Å². The predicted octanol–water partition coefficient (Wildman–Crippen LogP) is 6.01. The Labute approximate surface area is 219 Å². The molecule has 9 heteroatoms. The maximum absolute atomic E-state index is 12.4. The van der Waals surface area contributed by atoms with Crippen molar-refractivity contribution >= 4 is 35.3 Å². The van der Waals surface area contributed by atoms with Gasteiger partial charge in [0.05, 0.1) is 18.9 Å². The maximum atomic E-state index is 12.4. The van der Waals surface area contributed by atoms with Crippen LogP contribution in [0.2, 0.25) is 5.15 Å². The lowest BCUT2D eigenvalue weighted by Gasteiger charge is -2.24. The van der Waals surface area contributed by atoms with Crippen LogP contribution in [0.3, 0.4) is 0 Å². The molecule has 0 aromatic carbocycles. The summed E-state index contributed by atoms with van der Waals surface area (Å²) >= 11 is 4.95. The molecule has 0 radical (unpaired) electrons. The normalized spacial score (nSPS) is 18.7. The highest BCUT2D eigenvalue weighted by Gasteiger charge is 2.30. The third-order valence-electron chi connectivity index (χ3n) is 5.63. The van der Waals surface area contributed by atoms with Crippen LogP contribution in [0.25, 0.3) is 0 Å². The number of carbonyl (C=O) groups is 1. The molecule has 2 rings (SSSR count). The van der Waals surface area contributed by atoms with E-state index in [1.807, 2.05) is 59.9 Å². The van der Waals surface area contributed by atoms with Crippen LogP contribution in [0.4, 0.5) is 4.79 Å². The number of likely N-dealkylation sites (tertiary alicyclic amines) is 1. The summed E-state index contributed by atoms with van der Waals surface area (Å²) in [6, 6.07) is 3.89. The van der Waals surface area contributed by atoms with E-state index < -0.39 is 17.0 Å². The van der Waals surface area contributed by atoms with E-state index in [1.54, 1.807) is 11.1 Å². The number of aryl methyl sites for hydroxylation is 1. The van der Waals surface area contributed by atoms with Crippen molar-refractivity contribution in [1.82, 2.24) is 9.88 Å². The van der Waals surface area contributed by atoms with Gasteiger partial charge in [-0.25, -0.2) is 9.78 Å². The summed E-state index contributed by atoms with van der Waals surface area (Å²) in [5, 5.41) is 0.534. The Kier molecular flexibility index (Phi) is 11.8. The van der Waals surface area contributed by atoms with E-state index in [1.165, 1.54) is 0 Å². The molecule has 1 aromatic heterocycles. The van der Waals surface area contributed by atoms with Gasteiger partial charge in [0, 0.05) is 19.3 Å². The highest BCUT2D eigenvalue weighted by Crippen LogP contribution is 2.22. The Bertz CT molecular complexity index is 826.